The fourth-order valence-corrected chi connectivity index (χ4v) is 1.79. The molecule has 4 N–H and O–H groups in total. The van der Waals surface area contributed by atoms with Crippen LogP contribution >= 0.6 is 12.2 Å². The van der Waals surface area contributed by atoms with Crippen LogP contribution in [0.15, 0.2) is 36.5 Å². The summed E-state index contributed by atoms with van der Waals surface area (Å²) in [5, 5.41) is 2.63. The van der Waals surface area contributed by atoms with E-state index < -0.39 is 11.7 Å². The van der Waals surface area contributed by atoms with Crippen molar-refractivity contribution in [1.29, 1.82) is 0 Å². The van der Waals surface area contributed by atoms with E-state index in [9.17, 15) is 14.0 Å². The third-order valence-corrected chi connectivity index (χ3v) is 2.95. The maximum absolute atomic E-state index is 13.4. The molecule has 0 bridgehead atoms. The summed E-state index contributed by atoms with van der Waals surface area (Å²) in [6.07, 6.45) is 1.44. The van der Waals surface area contributed by atoms with Gasteiger partial charge in [0.25, 0.3) is 5.91 Å². The summed E-state index contributed by atoms with van der Waals surface area (Å²) in [7, 11) is 0. The molecule has 0 radical (unpaired) electrons. The fourth-order valence-electron chi connectivity index (χ4n) is 1.63. The van der Waals surface area contributed by atoms with Crippen LogP contribution in [0.4, 0.5) is 10.1 Å². The van der Waals surface area contributed by atoms with Gasteiger partial charge in [0.1, 0.15) is 11.5 Å². The van der Waals surface area contributed by atoms with Gasteiger partial charge in [-0.25, -0.2) is 4.39 Å². The molecule has 0 saturated heterocycles. The summed E-state index contributed by atoms with van der Waals surface area (Å²) >= 11 is 4.94. The number of halogens is 1. The zero-order valence-corrected chi connectivity index (χ0v) is 12.4. The SMILES string of the molecule is CC(=O)c1c[nH]c(C(=O)NNC(=S)Nc2ccccc2F)c1. The maximum Gasteiger partial charge on any atom is 0.286 e. The van der Waals surface area contributed by atoms with Crippen LogP contribution in [0.25, 0.3) is 0 Å². The van der Waals surface area contributed by atoms with Crippen LogP contribution in [0, 0.1) is 5.82 Å². The number of hydrazine groups is 1. The minimum Gasteiger partial charge on any atom is -0.356 e. The second-order valence-electron chi connectivity index (χ2n) is 4.37. The van der Waals surface area contributed by atoms with Gasteiger partial charge < -0.3 is 10.3 Å². The highest BCUT2D eigenvalue weighted by atomic mass is 32.1. The average Bonchev–Trinajstić information content (AvgIpc) is 2.97. The Morgan fingerprint density at radius 2 is 1.95 bits per heavy atom. The number of ketones is 1. The Morgan fingerprint density at radius 1 is 1.23 bits per heavy atom. The molecular formula is C14H13FN4O2S. The van der Waals surface area contributed by atoms with Crippen molar-refractivity contribution in [1.82, 2.24) is 15.8 Å². The van der Waals surface area contributed by atoms with E-state index in [1.165, 1.54) is 31.3 Å². The smallest absolute Gasteiger partial charge is 0.286 e. The van der Waals surface area contributed by atoms with Gasteiger partial charge in [-0.1, -0.05) is 12.1 Å². The van der Waals surface area contributed by atoms with E-state index in [1.807, 2.05) is 0 Å². The zero-order chi connectivity index (χ0) is 16.1. The van der Waals surface area contributed by atoms with Crippen molar-refractivity contribution in [2.24, 2.45) is 0 Å². The van der Waals surface area contributed by atoms with E-state index in [4.69, 9.17) is 12.2 Å². The second-order valence-corrected chi connectivity index (χ2v) is 4.78. The first kappa shape index (κ1) is 15.6. The first-order valence-electron chi connectivity index (χ1n) is 6.28. The van der Waals surface area contributed by atoms with Crippen LogP contribution in [0.2, 0.25) is 0 Å². The molecule has 0 spiro atoms. The van der Waals surface area contributed by atoms with Crippen molar-refractivity contribution >= 4 is 34.7 Å². The summed E-state index contributed by atoms with van der Waals surface area (Å²) < 4.78 is 13.4. The number of rotatable bonds is 3. The Hall–Kier alpha value is -2.74. The standard InChI is InChI=1S/C14H13FN4O2S/c1-8(20)9-6-12(16-7-9)13(21)18-19-14(22)17-11-5-3-2-4-10(11)15/h2-7,16H,1H3,(H,18,21)(H2,17,19,22). The molecule has 0 aliphatic carbocycles. The molecule has 2 rings (SSSR count). The minimum atomic E-state index is -0.509. The normalized spacial score (nSPS) is 9.91. The van der Waals surface area contributed by atoms with Crippen molar-refractivity contribution in [3.05, 3.63) is 53.6 Å². The number of aromatic nitrogens is 1. The van der Waals surface area contributed by atoms with Crippen molar-refractivity contribution in [2.75, 3.05) is 5.32 Å². The van der Waals surface area contributed by atoms with Crippen LogP contribution in [-0.2, 0) is 0 Å². The monoisotopic (exact) mass is 320 g/mol. The second kappa shape index (κ2) is 6.81. The van der Waals surface area contributed by atoms with Crippen molar-refractivity contribution in [3.63, 3.8) is 0 Å². The number of hydrogen-bond donors (Lipinski definition) is 4. The van der Waals surface area contributed by atoms with E-state index >= 15 is 0 Å². The molecule has 0 unspecified atom stereocenters. The molecule has 0 aliphatic rings. The van der Waals surface area contributed by atoms with E-state index in [2.05, 4.69) is 21.2 Å². The van der Waals surface area contributed by atoms with Crippen LogP contribution in [0.5, 0.6) is 0 Å². The highest BCUT2D eigenvalue weighted by molar-refractivity contribution is 7.80. The first-order valence-corrected chi connectivity index (χ1v) is 6.69. The predicted molar refractivity (Wildman–Crippen MR) is 84.0 cm³/mol. The Bertz CT molecular complexity index is 729. The summed E-state index contributed by atoms with van der Waals surface area (Å²) in [6.45, 7) is 1.40. The molecule has 8 heteroatoms. The number of amides is 1. The number of nitrogens with one attached hydrogen (secondary N) is 4. The third kappa shape index (κ3) is 3.89. The molecule has 1 aromatic heterocycles. The molecule has 1 heterocycles. The van der Waals surface area contributed by atoms with Gasteiger partial charge in [0.05, 0.1) is 5.69 Å². The zero-order valence-electron chi connectivity index (χ0n) is 11.6. The quantitative estimate of drug-likeness (QED) is 0.395. The highest BCUT2D eigenvalue weighted by Crippen LogP contribution is 2.11. The molecule has 6 nitrogen and oxygen atoms in total. The highest BCUT2D eigenvalue weighted by Gasteiger charge is 2.11. The number of thiocarbonyl (C=S) groups is 1. The van der Waals surface area contributed by atoms with E-state index in [1.54, 1.807) is 12.1 Å². The van der Waals surface area contributed by atoms with Gasteiger partial charge in [0.15, 0.2) is 10.9 Å². The fraction of sp³-hybridized carbons (Fsp3) is 0.0714. The lowest BCUT2D eigenvalue weighted by Crippen LogP contribution is -2.44. The average molecular weight is 320 g/mol. The number of carbonyl (C=O) groups is 2. The van der Waals surface area contributed by atoms with Crippen molar-refractivity contribution in [2.45, 2.75) is 6.92 Å². The van der Waals surface area contributed by atoms with E-state index in [0.29, 0.717) is 5.56 Å². The Balaban J connectivity index is 1.89. The van der Waals surface area contributed by atoms with Crippen molar-refractivity contribution in [3.8, 4) is 0 Å². The summed E-state index contributed by atoms with van der Waals surface area (Å²) in [4.78, 5) is 25.6. The largest absolute Gasteiger partial charge is 0.356 e. The predicted octanol–water partition coefficient (Wildman–Crippen LogP) is 1.99. The molecule has 1 amide bonds. The van der Waals surface area contributed by atoms with Gasteiger partial charge >= 0.3 is 0 Å². The van der Waals surface area contributed by atoms with Gasteiger partial charge in [0, 0.05) is 11.8 Å². The van der Waals surface area contributed by atoms with Crippen molar-refractivity contribution < 1.29 is 14.0 Å². The number of aromatic amines is 1. The van der Waals surface area contributed by atoms with Crippen LogP contribution < -0.4 is 16.2 Å². The molecule has 2 aromatic rings. The molecule has 114 valence electrons. The Morgan fingerprint density at radius 3 is 2.59 bits per heavy atom. The molecule has 0 atom stereocenters. The van der Waals surface area contributed by atoms with E-state index in [-0.39, 0.29) is 22.3 Å². The lowest BCUT2D eigenvalue weighted by molar-refractivity contribution is 0.0939. The molecule has 0 fully saturated rings. The third-order valence-electron chi connectivity index (χ3n) is 2.75. The lowest BCUT2D eigenvalue weighted by Gasteiger charge is -2.11. The number of anilines is 1. The molecular weight excluding hydrogens is 307 g/mol. The molecule has 0 aliphatic heterocycles. The Labute approximate surface area is 131 Å². The van der Waals surface area contributed by atoms with Crippen LogP contribution in [-0.4, -0.2) is 21.8 Å². The molecule has 1 aromatic carbocycles. The lowest BCUT2D eigenvalue weighted by atomic mass is 10.2. The van der Waals surface area contributed by atoms with Crippen LogP contribution in [0.1, 0.15) is 27.8 Å². The van der Waals surface area contributed by atoms with Gasteiger partial charge in [-0.15, -0.1) is 0 Å². The number of para-hydroxylation sites is 1. The topological polar surface area (TPSA) is 86.0 Å². The summed E-state index contributed by atoms with van der Waals surface area (Å²) in [5.41, 5.74) is 5.57. The maximum atomic E-state index is 13.4. The molecule has 0 saturated carbocycles. The van der Waals surface area contributed by atoms with Gasteiger partial charge in [-0.2, -0.15) is 0 Å². The van der Waals surface area contributed by atoms with Gasteiger partial charge in [-0.05, 0) is 37.3 Å². The van der Waals surface area contributed by atoms with E-state index in [0.717, 1.165) is 0 Å². The minimum absolute atomic E-state index is 0.0248. The van der Waals surface area contributed by atoms with Crippen LogP contribution in [0.3, 0.4) is 0 Å². The number of hydrogen-bond acceptors (Lipinski definition) is 3. The summed E-state index contributed by atoms with van der Waals surface area (Å²) in [6, 6.07) is 7.42. The van der Waals surface area contributed by atoms with Gasteiger partial charge in [-0.3, -0.25) is 20.4 Å². The number of carbonyl (C=O) groups excluding carboxylic acids is 2. The first-order chi connectivity index (χ1) is 10.5. The van der Waals surface area contributed by atoms with Gasteiger partial charge in [0.2, 0.25) is 0 Å². The number of Topliss-reactive ketones (excluding diaryl/α,β-unsaturated/α-hetero) is 1. The summed E-state index contributed by atoms with van der Waals surface area (Å²) in [5.74, 6) is -1.13. The Kier molecular flexibility index (Phi) is 4.84. The number of benzene rings is 1. The molecule has 22 heavy (non-hydrogen) atoms. The number of H-pyrrole nitrogens is 1.